The lowest BCUT2D eigenvalue weighted by atomic mass is 10.2. The first-order valence-electron chi connectivity index (χ1n) is 6.50. The van der Waals surface area contributed by atoms with Crippen LogP contribution in [-0.2, 0) is 19.6 Å². The van der Waals surface area contributed by atoms with E-state index in [0.717, 1.165) is 19.3 Å². The number of nitrogens with zero attached hydrogens (tertiary/aromatic N) is 1. The summed E-state index contributed by atoms with van der Waals surface area (Å²) in [5, 5.41) is 0. The topological polar surface area (TPSA) is 63.7 Å². The van der Waals surface area contributed by atoms with Crippen LogP contribution in [0.5, 0.6) is 0 Å². The van der Waals surface area contributed by atoms with Crippen molar-refractivity contribution in [2.45, 2.75) is 58.0 Å². The first-order valence-corrected chi connectivity index (χ1v) is 8.11. The molecule has 1 saturated heterocycles. The summed E-state index contributed by atoms with van der Waals surface area (Å²) in [6, 6.07) is 0.209. The Morgan fingerprint density at radius 3 is 2.61 bits per heavy atom. The van der Waals surface area contributed by atoms with Gasteiger partial charge in [-0.25, -0.2) is 8.42 Å². The molecule has 0 spiro atoms. The van der Waals surface area contributed by atoms with Crippen LogP contribution < -0.4 is 0 Å². The van der Waals surface area contributed by atoms with Crippen molar-refractivity contribution in [3.8, 4) is 0 Å². The summed E-state index contributed by atoms with van der Waals surface area (Å²) >= 11 is 0. The van der Waals surface area contributed by atoms with Crippen molar-refractivity contribution in [2.24, 2.45) is 0 Å². The van der Waals surface area contributed by atoms with E-state index in [-0.39, 0.29) is 30.2 Å². The van der Waals surface area contributed by atoms with E-state index in [2.05, 4.69) is 4.74 Å². The largest absolute Gasteiger partial charge is 0.469 e. The Morgan fingerprint density at radius 1 is 1.39 bits per heavy atom. The number of hydrogen-bond donors (Lipinski definition) is 0. The summed E-state index contributed by atoms with van der Waals surface area (Å²) < 4.78 is 30.7. The zero-order valence-electron chi connectivity index (χ0n) is 11.4. The van der Waals surface area contributed by atoms with Gasteiger partial charge >= 0.3 is 5.97 Å². The maximum atomic E-state index is 12.3. The molecule has 2 atom stereocenters. The highest BCUT2D eigenvalue weighted by Crippen LogP contribution is 2.29. The third kappa shape index (κ3) is 3.68. The van der Waals surface area contributed by atoms with Crippen LogP contribution in [0.15, 0.2) is 0 Å². The third-order valence-electron chi connectivity index (χ3n) is 3.52. The van der Waals surface area contributed by atoms with Gasteiger partial charge in [0.1, 0.15) is 0 Å². The molecule has 0 N–H and O–H groups in total. The molecule has 2 unspecified atom stereocenters. The SMILES string of the molecule is CCC1CCC(C)N1S(=O)(=O)CCCC(=O)OC. The van der Waals surface area contributed by atoms with Gasteiger partial charge in [0.05, 0.1) is 12.9 Å². The first kappa shape index (κ1) is 15.4. The van der Waals surface area contributed by atoms with Crippen LogP contribution >= 0.6 is 0 Å². The molecule has 0 bridgehead atoms. The van der Waals surface area contributed by atoms with Crippen LogP contribution in [0, 0.1) is 0 Å². The maximum Gasteiger partial charge on any atom is 0.305 e. The molecule has 0 radical (unpaired) electrons. The highest BCUT2D eigenvalue weighted by Gasteiger charge is 2.37. The van der Waals surface area contributed by atoms with Crippen LogP contribution in [0.4, 0.5) is 0 Å². The second-order valence-corrected chi connectivity index (χ2v) is 6.81. The van der Waals surface area contributed by atoms with Crippen LogP contribution in [0.3, 0.4) is 0 Å². The summed E-state index contributed by atoms with van der Waals surface area (Å²) in [6.07, 6.45) is 3.20. The number of esters is 1. The Bertz CT molecular complexity index is 380. The number of sulfonamides is 1. The molecule has 0 aromatic heterocycles. The second-order valence-electron chi connectivity index (χ2n) is 4.81. The zero-order chi connectivity index (χ0) is 13.8. The lowest BCUT2D eigenvalue weighted by molar-refractivity contribution is -0.140. The summed E-state index contributed by atoms with van der Waals surface area (Å²) in [4.78, 5) is 11.0. The van der Waals surface area contributed by atoms with Crippen LogP contribution in [0.2, 0.25) is 0 Å². The number of methoxy groups -OCH3 is 1. The molecular formula is C12H23NO4S. The van der Waals surface area contributed by atoms with Crippen LogP contribution in [0.25, 0.3) is 0 Å². The molecule has 0 saturated carbocycles. The molecule has 106 valence electrons. The second kappa shape index (κ2) is 6.52. The van der Waals surface area contributed by atoms with E-state index in [1.165, 1.54) is 7.11 Å². The Labute approximate surface area is 110 Å². The molecule has 1 aliphatic heterocycles. The summed E-state index contributed by atoms with van der Waals surface area (Å²) in [7, 11) is -1.94. The van der Waals surface area contributed by atoms with Gasteiger partial charge in [0.25, 0.3) is 0 Å². The molecule has 1 heterocycles. The Hall–Kier alpha value is -0.620. The lowest BCUT2D eigenvalue weighted by Gasteiger charge is -2.26. The first-order chi connectivity index (χ1) is 8.42. The average molecular weight is 277 g/mol. The van der Waals surface area contributed by atoms with E-state index in [1.807, 2.05) is 13.8 Å². The molecule has 1 fully saturated rings. The van der Waals surface area contributed by atoms with Crippen LogP contribution in [-0.4, -0.2) is 43.6 Å². The van der Waals surface area contributed by atoms with E-state index >= 15 is 0 Å². The Balaban J connectivity index is 2.59. The molecular weight excluding hydrogens is 254 g/mol. The predicted octanol–water partition coefficient (Wildman–Crippen LogP) is 1.53. The fraction of sp³-hybridized carbons (Fsp3) is 0.917. The van der Waals surface area contributed by atoms with Crippen molar-refractivity contribution in [1.82, 2.24) is 4.31 Å². The van der Waals surface area contributed by atoms with Crippen molar-refractivity contribution in [1.29, 1.82) is 0 Å². The van der Waals surface area contributed by atoms with Crippen LogP contribution in [0.1, 0.15) is 46.0 Å². The van der Waals surface area contributed by atoms with Crippen molar-refractivity contribution in [2.75, 3.05) is 12.9 Å². The van der Waals surface area contributed by atoms with Gasteiger partial charge < -0.3 is 4.74 Å². The normalized spacial score (nSPS) is 25.3. The summed E-state index contributed by atoms with van der Waals surface area (Å²) in [5.74, 6) is -0.324. The van der Waals surface area contributed by atoms with Crippen molar-refractivity contribution < 1.29 is 17.9 Å². The lowest BCUT2D eigenvalue weighted by Crippen LogP contribution is -2.41. The van der Waals surface area contributed by atoms with Gasteiger partial charge in [0.15, 0.2) is 0 Å². The van der Waals surface area contributed by atoms with Crippen molar-refractivity contribution >= 4 is 16.0 Å². The number of carbonyl (C=O) groups is 1. The van der Waals surface area contributed by atoms with Crippen molar-refractivity contribution in [3.63, 3.8) is 0 Å². The number of ether oxygens (including phenoxy) is 1. The summed E-state index contributed by atoms with van der Waals surface area (Å²) in [6.45, 7) is 3.97. The Kier molecular flexibility index (Phi) is 5.59. The van der Waals surface area contributed by atoms with Gasteiger partial charge in [-0.2, -0.15) is 4.31 Å². The van der Waals surface area contributed by atoms with Gasteiger partial charge in [-0.3, -0.25) is 4.79 Å². The van der Waals surface area contributed by atoms with E-state index in [0.29, 0.717) is 6.42 Å². The Morgan fingerprint density at radius 2 is 2.06 bits per heavy atom. The van der Waals surface area contributed by atoms with E-state index < -0.39 is 10.0 Å². The van der Waals surface area contributed by atoms with Gasteiger partial charge in [-0.05, 0) is 32.6 Å². The molecule has 1 rings (SSSR count). The fourth-order valence-corrected chi connectivity index (χ4v) is 4.62. The zero-order valence-corrected chi connectivity index (χ0v) is 12.2. The standard InChI is InChI=1S/C12H23NO4S/c1-4-11-8-7-10(2)13(11)18(15,16)9-5-6-12(14)17-3/h10-11H,4-9H2,1-3H3. The monoisotopic (exact) mass is 277 g/mol. The minimum absolute atomic E-state index is 0.0307. The number of rotatable bonds is 6. The summed E-state index contributed by atoms with van der Waals surface area (Å²) in [5.41, 5.74) is 0. The molecule has 1 aliphatic rings. The fourth-order valence-electron chi connectivity index (χ4n) is 2.54. The van der Waals surface area contributed by atoms with E-state index in [9.17, 15) is 13.2 Å². The minimum Gasteiger partial charge on any atom is -0.469 e. The molecule has 0 amide bonds. The van der Waals surface area contributed by atoms with Gasteiger partial charge in [0, 0.05) is 18.5 Å². The molecule has 5 nitrogen and oxygen atoms in total. The molecule has 0 aliphatic carbocycles. The highest BCUT2D eigenvalue weighted by molar-refractivity contribution is 7.89. The molecule has 6 heteroatoms. The molecule has 0 aromatic rings. The van der Waals surface area contributed by atoms with Crippen molar-refractivity contribution in [3.05, 3.63) is 0 Å². The maximum absolute atomic E-state index is 12.3. The number of hydrogen-bond acceptors (Lipinski definition) is 4. The average Bonchev–Trinajstić information content (AvgIpc) is 2.70. The third-order valence-corrected chi connectivity index (χ3v) is 5.62. The molecule has 0 aromatic carbocycles. The molecule has 18 heavy (non-hydrogen) atoms. The van der Waals surface area contributed by atoms with Gasteiger partial charge in [-0.15, -0.1) is 0 Å². The predicted molar refractivity (Wildman–Crippen MR) is 69.7 cm³/mol. The number of carbonyl (C=O) groups excluding carboxylic acids is 1. The van der Waals surface area contributed by atoms with Gasteiger partial charge in [-0.1, -0.05) is 6.92 Å². The van der Waals surface area contributed by atoms with E-state index in [4.69, 9.17) is 0 Å². The quantitative estimate of drug-likeness (QED) is 0.691. The minimum atomic E-state index is -3.25. The van der Waals surface area contributed by atoms with Gasteiger partial charge in [0.2, 0.25) is 10.0 Å². The smallest absolute Gasteiger partial charge is 0.305 e. The highest BCUT2D eigenvalue weighted by atomic mass is 32.2. The van der Waals surface area contributed by atoms with E-state index in [1.54, 1.807) is 4.31 Å².